The number of amides is 1. The summed E-state index contributed by atoms with van der Waals surface area (Å²) in [5.74, 6) is 0.827. The predicted molar refractivity (Wildman–Crippen MR) is 106 cm³/mol. The molecule has 2 aromatic carbocycles. The van der Waals surface area contributed by atoms with Crippen LogP contribution < -0.4 is 10.1 Å². The van der Waals surface area contributed by atoms with Crippen molar-refractivity contribution < 1.29 is 14.3 Å². The number of benzene rings is 2. The Morgan fingerprint density at radius 2 is 1.93 bits per heavy atom. The summed E-state index contributed by atoms with van der Waals surface area (Å²) in [6.07, 6.45) is 0. The average Bonchev–Trinajstić information content (AvgIpc) is 2.70. The molecule has 1 aliphatic rings. The Balaban J connectivity index is 1.72. The standard InChI is InChI=1S/C22H28N2O3/c1-3-27-20-9-7-18(8-10-20)21(24-11-13-26-14-12-24)16-23-22(25)19-6-4-5-17(2)15-19/h4-10,15,21H,3,11-14,16H2,1-2H3,(H,23,25). The van der Waals surface area contributed by atoms with E-state index >= 15 is 0 Å². The first-order chi connectivity index (χ1) is 13.2. The van der Waals surface area contributed by atoms with Crippen LogP contribution >= 0.6 is 0 Å². The van der Waals surface area contributed by atoms with E-state index < -0.39 is 0 Å². The van der Waals surface area contributed by atoms with Crippen molar-refractivity contribution in [2.75, 3.05) is 39.5 Å². The third-order valence-corrected chi connectivity index (χ3v) is 4.80. The van der Waals surface area contributed by atoms with Gasteiger partial charge in [-0.3, -0.25) is 9.69 Å². The maximum absolute atomic E-state index is 12.6. The van der Waals surface area contributed by atoms with Crippen LogP contribution in [0.15, 0.2) is 48.5 Å². The zero-order valence-electron chi connectivity index (χ0n) is 16.1. The van der Waals surface area contributed by atoms with Crippen LogP contribution in [0.2, 0.25) is 0 Å². The van der Waals surface area contributed by atoms with Crippen molar-refractivity contribution >= 4 is 5.91 Å². The van der Waals surface area contributed by atoms with Gasteiger partial charge in [-0.25, -0.2) is 0 Å². The molecule has 1 N–H and O–H groups in total. The number of nitrogens with one attached hydrogen (secondary N) is 1. The first kappa shape index (κ1) is 19.4. The van der Waals surface area contributed by atoms with Gasteiger partial charge in [-0.2, -0.15) is 0 Å². The molecule has 1 fully saturated rings. The van der Waals surface area contributed by atoms with Crippen LogP contribution in [0.25, 0.3) is 0 Å². The number of carbonyl (C=O) groups excluding carboxylic acids is 1. The lowest BCUT2D eigenvalue weighted by Gasteiger charge is -2.35. The molecule has 0 aromatic heterocycles. The molecule has 0 aliphatic carbocycles. The lowest BCUT2D eigenvalue weighted by molar-refractivity contribution is 0.0162. The highest BCUT2D eigenvalue weighted by Crippen LogP contribution is 2.24. The zero-order chi connectivity index (χ0) is 19.1. The number of nitrogens with zero attached hydrogens (tertiary/aromatic N) is 1. The minimum absolute atomic E-state index is 0.0390. The number of morpholine rings is 1. The normalized spacial score (nSPS) is 15.9. The van der Waals surface area contributed by atoms with Crippen LogP contribution in [0.4, 0.5) is 0 Å². The summed E-state index contributed by atoms with van der Waals surface area (Å²) in [6, 6.07) is 15.9. The fraction of sp³-hybridized carbons (Fsp3) is 0.409. The van der Waals surface area contributed by atoms with Crippen molar-refractivity contribution in [1.29, 1.82) is 0 Å². The minimum atomic E-state index is -0.0390. The van der Waals surface area contributed by atoms with Crippen molar-refractivity contribution in [2.45, 2.75) is 19.9 Å². The number of hydrogen-bond donors (Lipinski definition) is 1. The Hall–Kier alpha value is -2.37. The molecule has 3 rings (SSSR count). The van der Waals surface area contributed by atoms with Gasteiger partial charge in [-0.15, -0.1) is 0 Å². The molecule has 1 atom stereocenters. The molecule has 0 saturated carbocycles. The Morgan fingerprint density at radius 1 is 1.19 bits per heavy atom. The maximum Gasteiger partial charge on any atom is 0.251 e. The molecule has 1 amide bonds. The molecule has 27 heavy (non-hydrogen) atoms. The van der Waals surface area contributed by atoms with Gasteiger partial charge in [0.05, 0.1) is 25.9 Å². The lowest BCUT2D eigenvalue weighted by atomic mass is 10.0. The number of rotatable bonds is 7. The van der Waals surface area contributed by atoms with Gasteiger partial charge in [0.25, 0.3) is 5.91 Å². The van der Waals surface area contributed by atoms with E-state index in [-0.39, 0.29) is 11.9 Å². The average molecular weight is 368 g/mol. The third kappa shape index (κ3) is 5.31. The van der Waals surface area contributed by atoms with Crippen molar-refractivity contribution in [3.05, 3.63) is 65.2 Å². The predicted octanol–water partition coefficient (Wildman–Crippen LogP) is 3.20. The van der Waals surface area contributed by atoms with E-state index in [0.717, 1.165) is 37.6 Å². The summed E-state index contributed by atoms with van der Waals surface area (Å²) >= 11 is 0. The van der Waals surface area contributed by atoms with Crippen LogP contribution in [-0.4, -0.2) is 50.3 Å². The monoisotopic (exact) mass is 368 g/mol. The topological polar surface area (TPSA) is 50.8 Å². The van der Waals surface area contributed by atoms with Gasteiger partial charge in [-0.05, 0) is 43.7 Å². The van der Waals surface area contributed by atoms with E-state index in [4.69, 9.17) is 9.47 Å². The lowest BCUT2D eigenvalue weighted by Crippen LogP contribution is -2.43. The molecule has 1 saturated heterocycles. The summed E-state index contributed by atoms with van der Waals surface area (Å²) in [6.45, 7) is 8.34. The number of ether oxygens (including phenoxy) is 2. The van der Waals surface area contributed by atoms with Gasteiger partial charge < -0.3 is 14.8 Å². The van der Waals surface area contributed by atoms with E-state index in [1.54, 1.807) is 0 Å². The summed E-state index contributed by atoms with van der Waals surface area (Å²) in [7, 11) is 0. The molecule has 1 unspecified atom stereocenters. The van der Waals surface area contributed by atoms with Crippen molar-refractivity contribution in [3.63, 3.8) is 0 Å². The minimum Gasteiger partial charge on any atom is -0.494 e. The van der Waals surface area contributed by atoms with Gasteiger partial charge in [0, 0.05) is 25.2 Å². The Kier molecular flexibility index (Phi) is 6.85. The Labute approximate surface area is 161 Å². The van der Waals surface area contributed by atoms with Crippen LogP contribution in [-0.2, 0) is 4.74 Å². The van der Waals surface area contributed by atoms with Gasteiger partial charge in [0.15, 0.2) is 0 Å². The molecule has 5 heteroatoms. The molecular formula is C22H28N2O3. The number of hydrogen-bond acceptors (Lipinski definition) is 4. The first-order valence-electron chi connectivity index (χ1n) is 9.57. The maximum atomic E-state index is 12.6. The fourth-order valence-electron chi connectivity index (χ4n) is 3.38. The summed E-state index contributed by atoms with van der Waals surface area (Å²) in [5, 5.41) is 3.11. The van der Waals surface area contributed by atoms with Gasteiger partial charge >= 0.3 is 0 Å². The van der Waals surface area contributed by atoms with Crippen LogP contribution in [0.1, 0.15) is 34.5 Å². The zero-order valence-corrected chi connectivity index (χ0v) is 16.1. The molecule has 0 radical (unpaired) electrons. The molecule has 2 aromatic rings. The van der Waals surface area contributed by atoms with Crippen LogP contribution in [0.5, 0.6) is 5.75 Å². The van der Waals surface area contributed by atoms with Crippen LogP contribution in [0.3, 0.4) is 0 Å². The van der Waals surface area contributed by atoms with Crippen molar-refractivity contribution in [2.24, 2.45) is 0 Å². The first-order valence-corrected chi connectivity index (χ1v) is 9.57. The molecule has 0 bridgehead atoms. The highest BCUT2D eigenvalue weighted by atomic mass is 16.5. The third-order valence-electron chi connectivity index (χ3n) is 4.80. The molecule has 1 heterocycles. The highest BCUT2D eigenvalue weighted by Gasteiger charge is 2.23. The van der Waals surface area contributed by atoms with E-state index in [1.807, 2.05) is 50.2 Å². The second-order valence-electron chi connectivity index (χ2n) is 6.75. The molecule has 0 spiro atoms. The summed E-state index contributed by atoms with van der Waals surface area (Å²) in [5.41, 5.74) is 2.95. The second-order valence-corrected chi connectivity index (χ2v) is 6.75. The highest BCUT2D eigenvalue weighted by molar-refractivity contribution is 5.94. The smallest absolute Gasteiger partial charge is 0.251 e. The summed E-state index contributed by atoms with van der Waals surface area (Å²) < 4.78 is 11.0. The Morgan fingerprint density at radius 3 is 2.59 bits per heavy atom. The number of aryl methyl sites for hydroxylation is 1. The molecule has 5 nitrogen and oxygen atoms in total. The summed E-state index contributed by atoms with van der Waals surface area (Å²) in [4.78, 5) is 15.0. The SMILES string of the molecule is CCOc1ccc(C(CNC(=O)c2cccc(C)c2)N2CCOCC2)cc1. The number of carbonyl (C=O) groups is 1. The fourth-order valence-corrected chi connectivity index (χ4v) is 3.38. The quantitative estimate of drug-likeness (QED) is 0.815. The van der Waals surface area contributed by atoms with Crippen molar-refractivity contribution in [3.8, 4) is 5.75 Å². The molecular weight excluding hydrogens is 340 g/mol. The molecule has 1 aliphatic heterocycles. The van der Waals surface area contributed by atoms with Crippen molar-refractivity contribution in [1.82, 2.24) is 10.2 Å². The van der Waals surface area contributed by atoms with Gasteiger partial charge in [-0.1, -0.05) is 29.8 Å². The van der Waals surface area contributed by atoms with Gasteiger partial charge in [0.2, 0.25) is 0 Å². The van der Waals surface area contributed by atoms with Crippen LogP contribution in [0, 0.1) is 6.92 Å². The molecule has 144 valence electrons. The van der Waals surface area contributed by atoms with E-state index in [2.05, 4.69) is 22.3 Å². The largest absolute Gasteiger partial charge is 0.494 e. The second kappa shape index (κ2) is 9.53. The van der Waals surface area contributed by atoms with Gasteiger partial charge in [0.1, 0.15) is 5.75 Å². The Bertz CT molecular complexity index is 739. The van der Waals surface area contributed by atoms with E-state index in [9.17, 15) is 4.79 Å². The van der Waals surface area contributed by atoms with E-state index in [0.29, 0.717) is 18.7 Å². The van der Waals surface area contributed by atoms with E-state index in [1.165, 1.54) is 5.56 Å².